The van der Waals surface area contributed by atoms with Gasteiger partial charge in [0, 0.05) is 6.04 Å². The second kappa shape index (κ2) is 6.79. The van der Waals surface area contributed by atoms with Crippen LogP contribution in [0.4, 0.5) is 0 Å². The summed E-state index contributed by atoms with van der Waals surface area (Å²) in [6.45, 7) is 3.05. The molecule has 0 aromatic heterocycles. The lowest BCUT2D eigenvalue weighted by Crippen LogP contribution is -2.16. The molecule has 0 heterocycles. The lowest BCUT2D eigenvalue weighted by molar-refractivity contribution is 0.208. The van der Waals surface area contributed by atoms with Crippen molar-refractivity contribution in [3.8, 4) is 5.75 Å². The minimum atomic E-state index is 0.378. The van der Waals surface area contributed by atoms with Crippen LogP contribution in [-0.4, -0.2) is 13.7 Å². The summed E-state index contributed by atoms with van der Waals surface area (Å²) in [6.07, 6.45) is 6.85. The average molecular weight is 247 g/mol. The van der Waals surface area contributed by atoms with Crippen LogP contribution < -0.4 is 10.1 Å². The largest absolute Gasteiger partial charge is 0.493 e. The first-order valence-electron chi connectivity index (χ1n) is 7.19. The molecule has 2 heteroatoms. The number of rotatable bonds is 5. The van der Waals surface area contributed by atoms with Crippen LogP contribution >= 0.6 is 0 Å². The third kappa shape index (κ3) is 3.74. The van der Waals surface area contributed by atoms with E-state index >= 15 is 0 Å². The highest BCUT2D eigenvalue weighted by molar-refractivity contribution is 5.30. The predicted octanol–water partition coefficient (Wildman–Crippen LogP) is 3.93. The summed E-state index contributed by atoms with van der Waals surface area (Å²) >= 11 is 0. The van der Waals surface area contributed by atoms with Gasteiger partial charge in [-0.15, -0.1) is 0 Å². The Morgan fingerprint density at radius 3 is 2.78 bits per heavy atom. The van der Waals surface area contributed by atoms with Gasteiger partial charge >= 0.3 is 0 Å². The minimum Gasteiger partial charge on any atom is -0.493 e. The van der Waals surface area contributed by atoms with Crippen molar-refractivity contribution in [1.82, 2.24) is 5.32 Å². The van der Waals surface area contributed by atoms with Crippen LogP contribution in [0.5, 0.6) is 5.75 Å². The zero-order valence-corrected chi connectivity index (χ0v) is 11.6. The first-order chi connectivity index (χ1) is 8.79. The molecule has 1 aliphatic rings. The summed E-state index contributed by atoms with van der Waals surface area (Å²) in [5, 5.41) is 3.26. The molecular weight excluding hydrogens is 222 g/mol. The lowest BCUT2D eigenvalue weighted by Gasteiger charge is -2.22. The number of hydrogen-bond acceptors (Lipinski definition) is 2. The van der Waals surface area contributed by atoms with E-state index < -0.39 is 0 Å². The van der Waals surface area contributed by atoms with Gasteiger partial charge < -0.3 is 10.1 Å². The van der Waals surface area contributed by atoms with Gasteiger partial charge in [-0.3, -0.25) is 0 Å². The number of benzene rings is 1. The second-order valence-corrected chi connectivity index (χ2v) is 5.40. The van der Waals surface area contributed by atoms with Crippen LogP contribution in [-0.2, 0) is 0 Å². The van der Waals surface area contributed by atoms with Gasteiger partial charge in [0.1, 0.15) is 5.75 Å². The average Bonchev–Trinajstić information content (AvgIpc) is 2.45. The molecule has 1 atom stereocenters. The molecule has 2 rings (SSSR count). The molecular formula is C16H25NO. The number of nitrogens with one attached hydrogen (secondary N) is 1. The Bertz CT molecular complexity index is 358. The number of ether oxygens (including phenoxy) is 1. The summed E-state index contributed by atoms with van der Waals surface area (Å²) < 4.78 is 5.95. The molecule has 0 spiro atoms. The first kappa shape index (κ1) is 13.4. The third-order valence-corrected chi connectivity index (χ3v) is 4.00. The van der Waals surface area contributed by atoms with Crippen LogP contribution in [0, 0.1) is 5.92 Å². The van der Waals surface area contributed by atoms with E-state index in [-0.39, 0.29) is 0 Å². The summed E-state index contributed by atoms with van der Waals surface area (Å²) in [5.74, 6) is 1.78. The van der Waals surface area contributed by atoms with Crippen molar-refractivity contribution in [2.24, 2.45) is 5.92 Å². The van der Waals surface area contributed by atoms with Crippen molar-refractivity contribution in [3.05, 3.63) is 29.8 Å². The second-order valence-electron chi connectivity index (χ2n) is 5.40. The van der Waals surface area contributed by atoms with Crippen molar-refractivity contribution in [1.29, 1.82) is 0 Å². The van der Waals surface area contributed by atoms with Crippen molar-refractivity contribution < 1.29 is 4.74 Å². The predicted molar refractivity (Wildman–Crippen MR) is 76.0 cm³/mol. The maximum absolute atomic E-state index is 5.95. The lowest BCUT2D eigenvalue weighted by atomic mass is 9.90. The van der Waals surface area contributed by atoms with E-state index in [2.05, 4.69) is 36.5 Å². The van der Waals surface area contributed by atoms with E-state index in [0.29, 0.717) is 6.04 Å². The first-order valence-corrected chi connectivity index (χ1v) is 7.19. The molecule has 2 nitrogen and oxygen atoms in total. The van der Waals surface area contributed by atoms with Crippen LogP contribution in [0.2, 0.25) is 0 Å². The van der Waals surface area contributed by atoms with Crippen LogP contribution in [0.15, 0.2) is 24.3 Å². The monoisotopic (exact) mass is 247 g/mol. The van der Waals surface area contributed by atoms with E-state index in [1.165, 1.54) is 37.7 Å². The van der Waals surface area contributed by atoms with Crippen molar-refractivity contribution >= 4 is 0 Å². The van der Waals surface area contributed by atoms with E-state index in [1.54, 1.807) is 0 Å². The van der Waals surface area contributed by atoms with Gasteiger partial charge in [-0.2, -0.15) is 0 Å². The molecule has 1 N–H and O–H groups in total. The molecule has 1 saturated carbocycles. The number of hydrogen-bond donors (Lipinski definition) is 1. The van der Waals surface area contributed by atoms with Crippen molar-refractivity contribution in [2.45, 2.75) is 45.1 Å². The smallest absolute Gasteiger partial charge is 0.119 e. The standard InChI is InChI=1S/C16H25NO/c1-13(17-2)15-9-6-10-16(11-15)18-12-14-7-4-3-5-8-14/h6,9-11,13-14,17H,3-5,7-8,12H2,1-2H3. The normalized spacial score (nSPS) is 18.6. The molecule has 1 fully saturated rings. The fraction of sp³-hybridized carbons (Fsp3) is 0.625. The van der Waals surface area contributed by atoms with E-state index in [0.717, 1.165) is 18.3 Å². The highest BCUT2D eigenvalue weighted by Crippen LogP contribution is 2.25. The fourth-order valence-electron chi connectivity index (χ4n) is 2.61. The SMILES string of the molecule is CNC(C)c1cccc(OCC2CCCCC2)c1. The fourth-order valence-corrected chi connectivity index (χ4v) is 2.61. The Morgan fingerprint density at radius 1 is 1.28 bits per heavy atom. The maximum Gasteiger partial charge on any atom is 0.119 e. The van der Waals surface area contributed by atoms with Gasteiger partial charge in [-0.05, 0) is 50.4 Å². The van der Waals surface area contributed by atoms with Crippen LogP contribution in [0.25, 0.3) is 0 Å². The maximum atomic E-state index is 5.95. The molecule has 1 unspecified atom stereocenters. The van der Waals surface area contributed by atoms with Crippen LogP contribution in [0.3, 0.4) is 0 Å². The molecule has 0 bridgehead atoms. The van der Waals surface area contributed by atoms with Crippen LogP contribution in [0.1, 0.15) is 50.6 Å². The molecule has 1 aromatic rings. The Hall–Kier alpha value is -1.02. The molecule has 100 valence electrons. The Balaban J connectivity index is 1.88. The third-order valence-electron chi connectivity index (χ3n) is 4.00. The van der Waals surface area contributed by atoms with E-state index in [1.807, 2.05) is 7.05 Å². The minimum absolute atomic E-state index is 0.378. The molecule has 1 aromatic carbocycles. The quantitative estimate of drug-likeness (QED) is 0.851. The molecule has 0 aliphatic heterocycles. The highest BCUT2D eigenvalue weighted by atomic mass is 16.5. The van der Waals surface area contributed by atoms with Gasteiger partial charge in [0.2, 0.25) is 0 Å². The zero-order valence-electron chi connectivity index (χ0n) is 11.6. The van der Waals surface area contributed by atoms with Gasteiger partial charge in [0.05, 0.1) is 6.61 Å². The van der Waals surface area contributed by atoms with Crippen molar-refractivity contribution in [3.63, 3.8) is 0 Å². The Kier molecular flexibility index (Phi) is 5.06. The van der Waals surface area contributed by atoms with Gasteiger partial charge in [-0.25, -0.2) is 0 Å². The molecule has 0 radical (unpaired) electrons. The van der Waals surface area contributed by atoms with Crippen molar-refractivity contribution in [2.75, 3.05) is 13.7 Å². The summed E-state index contributed by atoms with van der Waals surface area (Å²) in [5.41, 5.74) is 1.29. The molecule has 0 amide bonds. The topological polar surface area (TPSA) is 21.3 Å². The van der Waals surface area contributed by atoms with Gasteiger partial charge in [0.15, 0.2) is 0 Å². The highest BCUT2D eigenvalue weighted by Gasteiger charge is 2.14. The molecule has 18 heavy (non-hydrogen) atoms. The van der Waals surface area contributed by atoms with Gasteiger partial charge in [-0.1, -0.05) is 31.4 Å². The summed E-state index contributed by atoms with van der Waals surface area (Å²) in [7, 11) is 1.99. The molecule has 1 aliphatic carbocycles. The Labute approximate surface area is 111 Å². The Morgan fingerprint density at radius 2 is 2.06 bits per heavy atom. The summed E-state index contributed by atoms with van der Waals surface area (Å²) in [4.78, 5) is 0. The van der Waals surface area contributed by atoms with E-state index in [4.69, 9.17) is 4.74 Å². The zero-order chi connectivity index (χ0) is 12.8. The van der Waals surface area contributed by atoms with Gasteiger partial charge in [0.25, 0.3) is 0 Å². The van der Waals surface area contributed by atoms with E-state index in [9.17, 15) is 0 Å². The molecule has 0 saturated heterocycles. The summed E-state index contributed by atoms with van der Waals surface area (Å²) in [6, 6.07) is 8.83.